The van der Waals surface area contributed by atoms with E-state index in [0.717, 1.165) is 13.1 Å². The highest BCUT2D eigenvalue weighted by Crippen LogP contribution is 2.13. The predicted molar refractivity (Wildman–Crippen MR) is 59.6 cm³/mol. The molecule has 2 rings (SSSR count). The molecule has 0 amide bonds. The minimum atomic E-state index is 0.361. The second-order valence-corrected chi connectivity index (χ2v) is 4.96. The zero-order valence-corrected chi connectivity index (χ0v) is 9.31. The van der Waals surface area contributed by atoms with Crippen LogP contribution in [0.2, 0.25) is 0 Å². The van der Waals surface area contributed by atoms with Gasteiger partial charge in [-0.15, -0.1) is 0 Å². The standard InChI is InChI=1S/C11H23N3/c1-11(4-5-12-10-11)13-6-9-14-7-2-3-8-14/h12-13H,2-10H2,1H3. The van der Waals surface area contributed by atoms with Crippen LogP contribution in [0.15, 0.2) is 0 Å². The Hall–Kier alpha value is -0.120. The van der Waals surface area contributed by atoms with Gasteiger partial charge in [0.05, 0.1) is 0 Å². The van der Waals surface area contributed by atoms with Gasteiger partial charge in [0.15, 0.2) is 0 Å². The molecule has 1 unspecified atom stereocenters. The first-order valence-corrected chi connectivity index (χ1v) is 5.97. The van der Waals surface area contributed by atoms with Crippen molar-refractivity contribution < 1.29 is 0 Å². The van der Waals surface area contributed by atoms with Gasteiger partial charge in [-0.3, -0.25) is 0 Å². The molecule has 2 fully saturated rings. The molecule has 3 heteroatoms. The van der Waals surface area contributed by atoms with Gasteiger partial charge >= 0.3 is 0 Å². The van der Waals surface area contributed by atoms with Crippen LogP contribution in [0.25, 0.3) is 0 Å². The highest BCUT2D eigenvalue weighted by atomic mass is 15.2. The number of likely N-dealkylation sites (tertiary alicyclic amines) is 1. The Morgan fingerprint density at radius 2 is 2.14 bits per heavy atom. The summed E-state index contributed by atoms with van der Waals surface area (Å²) in [5.74, 6) is 0. The van der Waals surface area contributed by atoms with Gasteiger partial charge in [0.25, 0.3) is 0 Å². The average Bonchev–Trinajstić information content (AvgIpc) is 2.77. The van der Waals surface area contributed by atoms with E-state index in [1.54, 1.807) is 0 Å². The first-order valence-electron chi connectivity index (χ1n) is 5.97. The molecule has 2 heterocycles. The van der Waals surface area contributed by atoms with Crippen molar-refractivity contribution in [2.24, 2.45) is 0 Å². The van der Waals surface area contributed by atoms with Gasteiger partial charge in [0.1, 0.15) is 0 Å². The normalized spacial score (nSPS) is 34.1. The summed E-state index contributed by atoms with van der Waals surface area (Å²) in [6.45, 7) is 9.65. The van der Waals surface area contributed by atoms with Gasteiger partial charge in [0, 0.05) is 25.2 Å². The smallest absolute Gasteiger partial charge is 0.0290 e. The molecular weight excluding hydrogens is 174 g/mol. The quantitative estimate of drug-likeness (QED) is 0.684. The molecule has 0 aromatic heterocycles. The lowest BCUT2D eigenvalue weighted by molar-refractivity contribution is 0.303. The Bertz CT molecular complexity index is 169. The molecule has 2 saturated heterocycles. The maximum absolute atomic E-state index is 3.68. The fourth-order valence-electron chi connectivity index (χ4n) is 2.49. The zero-order chi connectivity index (χ0) is 9.86. The van der Waals surface area contributed by atoms with E-state index in [-0.39, 0.29) is 0 Å². The molecule has 0 spiro atoms. The van der Waals surface area contributed by atoms with Gasteiger partial charge in [-0.05, 0) is 45.8 Å². The molecule has 0 aromatic rings. The van der Waals surface area contributed by atoms with Crippen LogP contribution in [-0.2, 0) is 0 Å². The molecule has 2 aliphatic heterocycles. The average molecular weight is 197 g/mol. The van der Waals surface area contributed by atoms with Crippen LogP contribution in [0.4, 0.5) is 0 Å². The van der Waals surface area contributed by atoms with Crippen molar-refractivity contribution in [2.45, 2.75) is 31.7 Å². The van der Waals surface area contributed by atoms with Crippen molar-refractivity contribution in [1.82, 2.24) is 15.5 Å². The third kappa shape index (κ3) is 2.69. The Morgan fingerprint density at radius 3 is 2.79 bits per heavy atom. The molecule has 1 atom stereocenters. The molecule has 3 nitrogen and oxygen atoms in total. The highest BCUT2D eigenvalue weighted by molar-refractivity contribution is 4.91. The summed E-state index contributed by atoms with van der Waals surface area (Å²) in [4.78, 5) is 2.57. The lowest BCUT2D eigenvalue weighted by Crippen LogP contribution is -2.47. The molecule has 82 valence electrons. The molecule has 0 aromatic carbocycles. The van der Waals surface area contributed by atoms with Gasteiger partial charge in [0.2, 0.25) is 0 Å². The predicted octanol–water partition coefficient (Wildman–Crippen LogP) is 0.424. The lowest BCUT2D eigenvalue weighted by Gasteiger charge is -2.26. The Labute approximate surface area is 87.2 Å². The molecule has 14 heavy (non-hydrogen) atoms. The molecule has 0 saturated carbocycles. The molecule has 0 aliphatic carbocycles. The van der Waals surface area contributed by atoms with Crippen LogP contribution in [0.3, 0.4) is 0 Å². The van der Waals surface area contributed by atoms with E-state index in [9.17, 15) is 0 Å². The maximum Gasteiger partial charge on any atom is 0.0290 e. The Morgan fingerprint density at radius 1 is 1.36 bits per heavy atom. The third-order valence-electron chi connectivity index (χ3n) is 3.55. The minimum Gasteiger partial charge on any atom is -0.315 e. The third-order valence-corrected chi connectivity index (χ3v) is 3.55. The summed E-state index contributed by atoms with van der Waals surface area (Å²) in [7, 11) is 0. The number of hydrogen-bond acceptors (Lipinski definition) is 3. The van der Waals surface area contributed by atoms with Crippen molar-refractivity contribution in [1.29, 1.82) is 0 Å². The molecule has 0 bridgehead atoms. The van der Waals surface area contributed by atoms with E-state index in [1.165, 1.54) is 45.4 Å². The maximum atomic E-state index is 3.68. The zero-order valence-electron chi connectivity index (χ0n) is 9.31. The summed E-state index contributed by atoms with van der Waals surface area (Å²) in [6, 6.07) is 0. The summed E-state index contributed by atoms with van der Waals surface area (Å²) in [5.41, 5.74) is 0.361. The first kappa shape index (κ1) is 10.4. The van der Waals surface area contributed by atoms with Gasteiger partial charge in [-0.1, -0.05) is 0 Å². The van der Waals surface area contributed by atoms with Crippen LogP contribution >= 0.6 is 0 Å². The number of rotatable bonds is 4. The molecule has 2 N–H and O–H groups in total. The molecule has 0 radical (unpaired) electrons. The lowest BCUT2D eigenvalue weighted by atomic mass is 10.0. The number of nitrogens with zero attached hydrogens (tertiary/aromatic N) is 1. The van der Waals surface area contributed by atoms with Gasteiger partial charge in [-0.25, -0.2) is 0 Å². The highest BCUT2D eigenvalue weighted by Gasteiger charge is 2.27. The molecular formula is C11H23N3. The molecule has 2 aliphatic rings. The summed E-state index contributed by atoms with van der Waals surface area (Å²) in [5, 5.41) is 7.10. The van der Waals surface area contributed by atoms with E-state index < -0.39 is 0 Å². The van der Waals surface area contributed by atoms with E-state index >= 15 is 0 Å². The summed E-state index contributed by atoms with van der Waals surface area (Å²) in [6.07, 6.45) is 4.07. The van der Waals surface area contributed by atoms with Crippen molar-refractivity contribution in [3.63, 3.8) is 0 Å². The van der Waals surface area contributed by atoms with E-state index in [1.807, 2.05) is 0 Å². The SMILES string of the molecule is CC1(NCCN2CCCC2)CCNC1. The first-order chi connectivity index (χ1) is 6.79. The summed E-state index contributed by atoms with van der Waals surface area (Å²) < 4.78 is 0. The second kappa shape index (κ2) is 4.60. The summed E-state index contributed by atoms with van der Waals surface area (Å²) >= 11 is 0. The van der Waals surface area contributed by atoms with Crippen LogP contribution in [-0.4, -0.2) is 49.7 Å². The fraction of sp³-hybridized carbons (Fsp3) is 1.00. The van der Waals surface area contributed by atoms with Crippen LogP contribution in [0, 0.1) is 0 Å². The second-order valence-electron chi connectivity index (χ2n) is 4.96. The Kier molecular flexibility index (Phi) is 3.42. The van der Waals surface area contributed by atoms with Crippen LogP contribution < -0.4 is 10.6 Å². The monoisotopic (exact) mass is 197 g/mol. The van der Waals surface area contributed by atoms with Gasteiger partial charge < -0.3 is 15.5 Å². The topological polar surface area (TPSA) is 27.3 Å². The fourth-order valence-corrected chi connectivity index (χ4v) is 2.49. The van der Waals surface area contributed by atoms with Crippen LogP contribution in [0.5, 0.6) is 0 Å². The van der Waals surface area contributed by atoms with E-state index in [0.29, 0.717) is 5.54 Å². The van der Waals surface area contributed by atoms with E-state index in [4.69, 9.17) is 0 Å². The number of hydrogen-bond donors (Lipinski definition) is 2. The van der Waals surface area contributed by atoms with E-state index in [2.05, 4.69) is 22.5 Å². The largest absolute Gasteiger partial charge is 0.315 e. The minimum absolute atomic E-state index is 0.361. The van der Waals surface area contributed by atoms with Crippen molar-refractivity contribution in [3.05, 3.63) is 0 Å². The van der Waals surface area contributed by atoms with Crippen LogP contribution in [0.1, 0.15) is 26.2 Å². The van der Waals surface area contributed by atoms with Gasteiger partial charge in [-0.2, -0.15) is 0 Å². The Balaban J connectivity index is 1.61. The van der Waals surface area contributed by atoms with Crippen molar-refractivity contribution >= 4 is 0 Å². The van der Waals surface area contributed by atoms with Crippen molar-refractivity contribution in [2.75, 3.05) is 39.3 Å². The number of nitrogens with one attached hydrogen (secondary N) is 2. The van der Waals surface area contributed by atoms with Crippen molar-refractivity contribution in [3.8, 4) is 0 Å².